The first-order valence-corrected chi connectivity index (χ1v) is 6.94. The molecule has 1 aromatic carbocycles. The minimum Gasteiger partial charge on any atom is -0.497 e. The lowest BCUT2D eigenvalue weighted by molar-refractivity contribution is -0.137. The Hall–Kier alpha value is -2.28. The summed E-state index contributed by atoms with van der Waals surface area (Å²) in [5, 5.41) is 8.17. The number of hydrogen-bond donors (Lipinski definition) is 1. The maximum absolute atomic E-state index is 12.1. The molecular formula is C14H13NO5S. The number of thioether (sulfide) groups is 1. The average molecular weight is 307 g/mol. The van der Waals surface area contributed by atoms with E-state index in [9.17, 15) is 14.4 Å². The van der Waals surface area contributed by atoms with E-state index in [1.807, 2.05) is 0 Å². The zero-order valence-corrected chi connectivity index (χ0v) is 12.1. The highest BCUT2D eigenvalue weighted by atomic mass is 32.2. The number of imide groups is 1. The summed E-state index contributed by atoms with van der Waals surface area (Å²) in [6, 6.07) is 7.08. The third-order valence-electron chi connectivity index (χ3n) is 2.81. The molecule has 0 spiro atoms. The zero-order valence-electron chi connectivity index (χ0n) is 11.2. The van der Waals surface area contributed by atoms with E-state index in [-0.39, 0.29) is 17.9 Å². The van der Waals surface area contributed by atoms with E-state index in [1.54, 1.807) is 37.5 Å². The van der Waals surface area contributed by atoms with Crippen molar-refractivity contribution in [1.82, 2.24) is 4.90 Å². The summed E-state index contributed by atoms with van der Waals surface area (Å²) in [5.74, 6) is -0.867. The number of aliphatic carboxylic acids is 1. The summed E-state index contributed by atoms with van der Waals surface area (Å²) in [6.07, 6.45) is 1.33. The highest BCUT2D eigenvalue weighted by molar-refractivity contribution is 8.18. The second-order valence-electron chi connectivity index (χ2n) is 4.25. The summed E-state index contributed by atoms with van der Waals surface area (Å²) in [5.41, 5.74) is 0.734. The first kappa shape index (κ1) is 15.1. The first-order chi connectivity index (χ1) is 10.0. The third-order valence-corrected chi connectivity index (χ3v) is 3.72. The molecule has 110 valence electrons. The van der Waals surface area contributed by atoms with Gasteiger partial charge in [-0.1, -0.05) is 12.1 Å². The topological polar surface area (TPSA) is 83.9 Å². The number of carboxylic acids is 1. The molecule has 0 bridgehead atoms. The van der Waals surface area contributed by atoms with E-state index >= 15 is 0 Å². The molecule has 1 N–H and O–H groups in total. The molecular weight excluding hydrogens is 294 g/mol. The van der Waals surface area contributed by atoms with Gasteiger partial charge in [-0.25, -0.2) is 0 Å². The van der Waals surface area contributed by atoms with Gasteiger partial charge in [-0.15, -0.1) is 0 Å². The van der Waals surface area contributed by atoms with Crippen LogP contribution in [0.3, 0.4) is 0 Å². The molecule has 1 saturated heterocycles. The fourth-order valence-electron chi connectivity index (χ4n) is 1.78. The zero-order chi connectivity index (χ0) is 15.4. The lowest BCUT2D eigenvalue weighted by Crippen LogP contribution is -2.30. The number of methoxy groups -OCH3 is 1. The van der Waals surface area contributed by atoms with E-state index in [1.165, 1.54) is 0 Å². The van der Waals surface area contributed by atoms with E-state index in [0.29, 0.717) is 5.75 Å². The predicted octanol–water partition coefficient (Wildman–Crippen LogP) is 2.21. The molecule has 1 aromatic rings. The van der Waals surface area contributed by atoms with Crippen LogP contribution in [0.2, 0.25) is 0 Å². The third kappa shape index (κ3) is 3.63. The average Bonchev–Trinajstić information content (AvgIpc) is 2.71. The summed E-state index contributed by atoms with van der Waals surface area (Å²) < 4.78 is 5.09. The van der Waals surface area contributed by atoms with Crippen LogP contribution in [0.1, 0.15) is 12.0 Å². The van der Waals surface area contributed by atoms with Gasteiger partial charge in [-0.2, -0.15) is 0 Å². The number of nitrogens with zero attached hydrogens (tertiary/aromatic N) is 1. The van der Waals surface area contributed by atoms with Gasteiger partial charge >= 0.3 is 5.97 Å². The highest BCUT2D eigenvalue weighted by Gasteiger charge is 2.34. The fourth-order valence-corrected chi connectivity index (χ4v) is 2.65. The second-order valence-corrected chi connectivity index (χ2v) is 5.25. The van der Waals surface area contributed by atoms with E-state index in [0.717, 1.165) is 22.2 Å². The summed E-state index contributed by atoms with van der Waals surface area (Å²) in [7, 11) is 1.54. The van der Waals surface area contributed by atoms with Gasteiger partial charge in [0.2, 0.25) is 0 Å². The lowest BCUT2D eigenvalue weighted by Gasteiger charge is -2.09. The maximum atomic E-state index is 12.1. The van der Waals surface area contributed by atoms with Gasteiger partial charge in [0.1, 0.15) is 5.75 Å². The van der Waals surface area contributed by atoms with Gasteiger partial charge in [0, 0.05) is 6.54 Å². The summed E-state index contributed by atoms with van der Waals surface area (Å²) in [4.78, 5) is 35.6. The quantitative estimate of drug-likeness (QED) is 0.840. The molecule has 1 heterocycles. The number of carbonyl (C=O) groups excluding carboxylic acids is 2. The SMILES string of the molecule is COc1cccc(/C=C2\SC(=O)N(CCC(=O)O)C2=O)c1. The van der Waals surface area contributed by atoms with Crippen LogP contribution in [-0.4, -0.2) is 40.8 Å². The van der Waals surface area contributed by atoms with Crippen LogP contribution in [0.5, 0.6) is 5.75 Å². The molecule has 1 aliphatic heterocycles. The summed E-state index contributed by atoms with van der Waals surface area (Å²) in [6.45, 7) is -0.116. The smallest absolute Gasteiger partial charge is 0.305 e. The minimum atomic E-state index is -1.05. The molecule has 21 heavy (non-hydrogen) atoms. The molecule has 0 unspecified atom stereocenters. The van der Waals surface area contributed by atoms with E-state index < -0.39 is 17.1 Å². The Morgan fingerprint density at radius 2 is 2.19 bits per heavy atom. The van der Waals surface area contributed by atoms with Crippen LogP contribution in [0.25, 0.3) is 6.08 Å². The number of hydrogen-bond acceptors (Lipinski definition) is 5. The molecule has 0 atom stereocenters. The van der Waals surface area contributed by atoms with E-state index in [2.05, 4.69) is 0 Å². The summed E-state index contributed by atoms with van der Waals surface area (Å²) >= 11 is 0.807. The molecule has 0 saturated carbocycles. The van der Waals surface area contributed by atoms with Crippen LogP contribution >= 0.6 is 11.8 Å². The Morgan fingerprint density at radius 3 is 2.86 bits per heavy atom. The number of ether oxygens (including phenoxy) is 1. The van der Waals surface area contributed by atoms with E-state index in [4.69, 9.17) is 9.84 Å². The van der Waals surface area contributed by atoms with Crippen molar-refractivity contribution in [3.05, 3.63) is 34.7 Å². The molecule has 0 radical (unpaired) electrons. The number of carbonyl (C=O) groups is 3. The van der Waals surface area contributed by atoms with Crippen LogP contribution in [0.15, 0.2) is 29.2 Å². The first-order valence-electron chi connectivity index (χ1n) is 6.12. The Balaban J connectivity index is 2.17. The number of benzene rings is 1. The van der Waals surface area contributed by atoms with Gasteiger partial charge in [0.15, 0.2) is 0 Å². The van der Waals surface area contributed by atoms with Crippen LogP contribution in [-0.2, 0) is 9.59 Å². The van der Waals surface area contributed by atoms with Gasteiger partial charge in [0.05, 0.1) is 18.4 Å². The molecule has 0 aromatic heterocycles. The van der Waals surface area contributed by atoms with Crippen molar-refractivity contribution in [2.45, 2.75) is 6.42 Å². The van der Waals surface area contributed by atoms with Gasteiger partial charge in [-0.3, -0.25) is 19.3 Å². The van der Waals surface area contributed by atoms with Crippen molar-refractivity contribution in [2.24, 2.45) is 0 Å². The number of amides is 2. The number of rotatable bonds is 5. The number of carboxylic acid groups (broad SMARTS) is 1. The Labute approximate surface area is 125 Å². The molecule has 1 fully saturated rings. The molecule has 2 rings (SSSR count). The molecule has 6 nitrogen and oxygen atoms in total. The molecule has 2 amide bonds. The van der Waals surface area contributed by atoms with Crippen molar-refractivity contribution in [2.75, 3.05) is 13.7 Å². The largest absolute Gasteiger partial charge is 0.497 e. The molecule has 1 aliphatic rings. The van der Waals surface area contributed by atoms with Crippen molar-refractivity contribution >= 4 is 35.0 Å². The minimum absolute atomic E-state index is 0.116. The fraction of sp³-hybridized carbons (Fsp3) is 0.214. The highest BCUT2D eigenvalue weighted by Crippen LogP contribution is 2.32. The van der Waals surface area contributed by atoms with Crippen molar-refractivity contribution in [1.29, 1.82) is 0 Å². The Bertz CT molecular complexity index is 626. The maximum Gasteiger partial charge on any atom is 0.305 e. The Morgan fingerprint density at radius 1 is 1.43 bits per heavy atom. The van der Waals surface area contributed by atoms with Crippen molar-refractivity contribution in [3.8, 4) is 5.75 Å². The van der Waals surface area contributed by atoms with Crippen molar-refractivity contribution in [3.63, 3.8) is 0 Å². The standard InChI is InChI=1S/C14H13NO5S/c1-20-10-4-2-3-9(7-10)8-11-13(18)15(14(19)21-11)6-5-12(16)17/h2-4,7-8H,5-6H2,1H3,(H,16,17)/b11-8-. The van der Waals surface area contributed by atoms with Gasteiger partial charge < -0.3 is 9.84 Å². The Kier molecular flexibility index (Phi) is 4.64. The monoisotopic (exact) mass is 307 g/mol. The molecule has 0 aliphatic carbocycles. The van der Waals surface area contributed by atoms with Gasteiger partial charge in [-0.05, 0) is 35.5 Å². The van der Waals surface area contributed by atoms with Crippen LogP contribution in [0, 0.1) is 0 Å². The van der Waals surface area contributed by atoms with Crippen LogP contribution < -0.4 is 4.74 Å². The second kappa shape index (κ2) is 6.45. The van der Waals surface area contributed by atoms with Crippen LogP contribution in [0.4, 0.5) is 4.79 Å². The van der Waals surface area contributed by atoms with Gasteiger partial charge in [0.25, 0.3) is 11.1 Å². The lowest BCUT2D eigenvalue weighted by atomic mass is 10.2. The normalized spacial score (nSPS) is 16.6. The van der Waals surface area contributed by atoms with Crippen molar-refractivity contribution < 1.29 is 24.2 Å². The predicted molar refractivity (Wildman–Crippen MR) is 77.9 cm³/mol. The molecule has 7 heteroatoms.